The molecule has 31 heavy (non-hydrogen) atoms. The number of furan rings is 1. The van der Waals surface area contributed by atoms with Crippen molar-refractivity contribution in [3.8, 4) is 0 Å². The first kappa shape index (κ1) is 22.3. The molecule has 2 N–H and O–H groups in total. The van der Waals surface area contributed by atoms with E-state index in [9.17, 15) is 22.7 Å². The first-order valence-corrected chi connectivity index (χ1v) is 12.9. The molecule has 0 aliphatic carbocycles. The lowest BCUT2D eigenvalue weighted by atomic mass is 10.2. The van der Waals surface area contributed by atoms with Crippen LogP contribution in [0.15, 0.2) is 43.3 Å². The molecule has 4 rings (SSSR count). The average molecular weight is 550 g/mol. The van der Waals surface area contributed by atoms with Gasteiger partial charge in [-0.25, -0.2) is 9.18 Å². The SMILES string of the molecule is O=C(O)C[n+]1c(C=C2Sc3ccc(F)cc3N2CCCS(=O)(=O)O)sc2oc(Br)cc21. The number of carbonyl (C=O) groups is 1. The monoisotopic (exact) mass is 549 g/mol. The lowest BCUT2D eigenvalue weighted by Gasteiger charge is -2.19. The molecule has 0 saturated heterocycles. The number of carboxylic acid groups (broad SMARTS) is 1. The van der Waals surface area contributed by atoms with Gasteiger partial charge in [0.1, 0.15) is 5.82 Å². The van der Waals surface area contributed by atoms with Gasteiger partial charge < -0.3 is 14.4 Å². The van der Waals surface area contributed by atoms with Gasteiger partial charge in [0, 0.05) is 11.4 Å². The van der Waals surface area contributed by atoms with Gasteiger partial charge >= 0.3 is 5.97 Å². The predicted octanol–water partition coefficient (Wildman–Crippen LogP) is 3.96. The van der Waals surface area contributed by atoms with Crippen molar-refractivity contribution in [3.63, 3.8) is 0 Å². The Hall–Kier alpha value is -1.93. The zero-order chi connectivity index (χ0) is 22.3. The zero-order valence-electron chi connectivity index (χ0n) is 15.6. The average Bonchev–Trinajstić information content (AvgIpc) is 3.27. The van der Waals surface area contributed by atoms with Gasteiger partial charge in [-0.05, 0) is 51.9 Å². The number of benzene rings is 1. The fraction of sp³-hybridized carbons (Fsp3) is 0.222. The van der Waals surface area contributed by atoms with Crippen molar-refractivity contribution >= 4 is 77.3 Å². The second kappa shape index (κ2) is 8.54. The molecule has 8 nitrogen and oxygen atoms in total. The zero-order valence-corrected chi connectivity index (χ0v) is 19.7. The maximum atomic E-state index is 13.9. The Morgan fingerprint density at radius 1 is 1.35 bits per heavy atom. The second-order valence-corrected chi connectivity index (χ2v) is 11.0. The minimum Gasteiger partial charge on any atom is -0.477 e. The van der Waals surface area contributed by atoms with Crippen LogP contribution in [0.3, 0.4) is 0 Å². The highest BCUT2D eigenvalue weighted by Crippen LogP contribution is 2.47. The van der Waals surface area contributed by atoms with Gasteiger partial charge in [-0.2, -0.15) is 13.0 Å². The van der Waals surface area contributed by atoms with E-state index in [0.29, 0.717) is 30.8 Å². The number of fused-ring (bicyclic) bond motifs is 2. The number of rotatable bonds is 7. The van der Waals surface area contributed by atoms with E-state index in [1.165, 1.54) is 35.2 Å². The van der Waals surface area contributed by atoms with Crippen molar-refractivity contribution < 1.29 is 36.2 Å². The fourth-order valence-corrected chi connectivity index (χ4v) is 6.39. The van der Waals surface area contributed by atoms with Crippen LogP contribution >= 0.6 is 39.0 Å². The van der Waals surface area contributed by atoms with Crippen molar-refractivity contribution in [2.75, 3.05) is 17.2 Å². The third-order valence-electron chi connectivity index (χ3n) is 4.42. The number of anilines is 1. The molecule has 13 heteroatoms. The number of aliphatic carboxylic acids is 1. The largest absolute Gasteiger partial charge is 0.477 e. The fourth-order valence-electron chi connectivity index (χ4n) is 3.20. The minimum absolute atomic E-state index is 0.127. The maximum absolute atomic E-state index is 13.9. The summed E-state index contributed by atoms with van der Waals surface area (Å²) >= 11 is 5.87. The van der Waals surface area contributed by atoms with E-state index < -0.39 is 27.7 Å². The third kappa shape index (κ3) is 4.95. The number of aromatic nitrogens is 1. The summed E-state index contributed by atoms with van der Waals surface area (Å²) in [5.74, 6) is -1.87. The summed E-state index contributed by atoms with van der Waals surface area (Å²) in [6.07, 6.45) is 1.90. The molecule has 1 aliphatic rings. The van der Waals surface area contributed by atoms with Crippen LogP contribution in [-0.2, 0) is 21.5 Å². The van der Waals surface area contributed by atoms with Crippen LogP contribution in [0.5, 0.6) is 0 Å². The number of carboxylic acids is 1. The second-order valence-electron chi connectivity index (χ2n) is 6.63. The van der Waals surface area contributed by atoms with Gasteiger partial charge in [0.05, 0.1) is 28.6 Å². The summed E-state index contributed by atoms with van der Waals surface area (Å²) in [7, 11) is -4.12. The molecule has 1 aromatic carbocycles. The van der Waals surface area contributed by atoms with E-state index in [0.717, 1.165) is 4.90 Å². The molecule has 0 radical (unpaired) electrons. The Balaban J connectivity index is 1.74. The standard InChI is InChI=1S/C18H14BrFN2O6S3/c19-14-7-12-18(28-14)30-16(22(12)9-17(23)24)8-15-21(4-1-5-31(25,26)27)11-6-10(20)2-3-13(11)29-15/h2-3,6-8H,1,4-5,9H2,(H-,23,24,25,26,27)/p+1. The molecule has 0 unspecified atom stereocenters. The summed E-state index contributed by atoms with van der Waals surface area (Å²) in [5.41, 5.74) is 1.20. The van der Waals surface area contributed by atoms with Crippen LogP contribution in [0.25, 0.3) is 16.5 Å². The molecule has 1 aliphatic heterocycles. The molecule has 0 amide bonds. The molecule has 0 bridgehead atoms. The van der Waals surface area contributed by atoms with E-state index in [2.05, 4.69) is 15.9 Å². The van der Waals surface area contributed by atoms with Crippen LogP contribution in [0.2, 0.25) is 0 Å². The van der Waals surface area contributed by atoms with Crippen LogP contribution < -0.4 is 9.47 Å². The summed E-state index contributed by atoms with van der Waals surface area (Å²) in [5, 5.41) is 10.6. The Morgan fingerprint density at radius 3 is 2.84 bits per heavy atom. The molecule has 164 valence electrons. The highest BCUT2D eigenvalue weighted by Gasteiger charge is 2.30. The van der Waals surface area contributed by atoms with Gasteiger partial charge in [-0.15, -0.1) is 0 Å². The van der Waals surface area contributed by atoms with Gasteiger partial charge in [-0.3, -0.25) is 4.55 Å². The lowest BCUT2D eigenvalue weighted by molar-refractivity contribution is -0.657. The Morgan fingerprint density at radius 2 is 2.13 bits per heavy atom. The highest BCUT2D eigenvalue weighted by atomic mass is 79.9. The topological polar surface area (TPSA) is 112 Å². The van der Waals surface area contributed by atoms with E-state index in [1.807, 2.05) is 0 Å². The van der Waals surface area contributed by atoms with Crippen molar-refractivity contribution in [2.24, 2.45) is 0 Å². The summed E-state index contributed by atoms with van der Waals surface area (Å²) in [6.45, 7) is -0.0544. The Labute approximate surface area is 192 Å². The summed E-state index contributed by atoms with van der Waals surface area (Å²) < 4.78 is 52.8. The van der Waals surface area contributed by atoms with Gasteiger partial charge in [0.2, 0.25) is 6.54 Å². The van der Waals surface area contributed by atoms with Crippen LogP contribution in [0.4, 0.5) is 10.1 Å². The van der Waals surface area contributed by atoms with Crippen molar-refractivity contribution in [2.45, 2.75) is 17.9 Å². The van der Waals surface area contributed by atoms with Gasteiger partial charge in [0.25, 0.3) is 25.5 Å². The van der Waals surface area contributed by atoms with Gasteiger partial charge in [-0.1, -0.05) is 11.8 Å². The molecule has 0 atom stereocenters. The van der Waals surface area contributed by atoms with Crippen LogP contribution in [-0.4, -0.2) is 36.3 Å². The predicted molar refractivity (Wildman–Crippen MR) is 118 cm³/mol. The minimum atomic E-state index is -4.12. The number of nitrogens with zero attached hydrogens (tertiary/aromatic N) is 2. The maximum Gasteiger partial charge on any atom is 0.370 e. The van der Waals surface area contributed by atoms with Crippen molar-refractivity contribution in [1.29, 1.82) is 0 Å². The first-order chi connectivity index (χ1) is 14.6. The highest BCUT2D eigenvalue weighted by molar-refractivity contribution is 9.10. The van der Waals surface area contributed by atoms with Crippen LogP contribution in [0.1, 0.15) is 11.4 Å². The van der Waals surface area contributed by atoms with E-state index >= 15 is 0 Å². The third-order valence-corrected chi connectivity index (χ3v) is 7.75. The number of thioether (sulfide) groups is 1. The molecular weight excluding hydrogens is 535 g/mol. The summed E-state index contributed by atoms with van der Waals surface area (Å²) in [4.78, 5) is 14.5. The number of hydrogen-bond donors (Lipinski definition) is 2. The quantitative estimate of drug-likeness (QED) is 0.336. The molecular formula is C18H15BrFN2O6S3+. The molecule has 0 saturated carbocycles. The molecule has 3 aromatic rings. The Kier molecular flexibility index (Phi) is 6.14. The van der Waals surface area contributed by atoms with E-state index in [-0.39, 0.29) is 19.5 Å². The normalized spacial score (nSPS) is 15.2. The molecule has 0 fully saturated rings. The van der Waals surface area contributed by atoms with E-state index in [1.54, 1.807) is 27.7 Å². The summed E-state index contributed by atoms with van der Waals surface area (Å²) in [6, 6.07) is 6.02. The van der Waals surface area contributed by atoms with Crippen LogP contribution in [0, 0.1) is 5.82 Å². The lowest BCUT2D eigenvalue weighted by Crippen LogP contribution is -2.39. The van der Waals surface area contributed by atoms with Gasteiger partial charge in [0.15, 0.2) is 4.67 Å². The molecule has 2 aromatic heterocycles. The van der Waals surface area contributed by atoms with E-state index in [4.69, 9.17) is 8.97 Å². The Bertz CT molecular complexity index is 1320. The van der Waals surface area contributed by atoms with Crippen molar-refractivity contribution in [1.82, 2.24) is 0 Å². The van der Waals surface area contributed by atoms with Crippen molar-refractivity contribution in [3.05, 3.63) is 44.8 Å². The number of thiazole rings is 1. The molecule has 3 heterocycles. The smallest absolute Gasteiger partial charge is 0.370 e. The first-order valence-electron chi connectivity index (χ1n) is 8.86. The number of hydrogen-bond acceptors (Lipinski definition) is 7. The number of halogens is 2. The molecule has 0 spiro atoms.